The minimum atomic E-state index is -1.02. The smallest absolute Gasteiger partial charge is 0.347 e. The van der Waals surface area contributed by atoms with E-state index in [1.54, 1.807) is 6.92 Å². The maximum Gasteiger partial charge on any atom is 0.347 e. The summed E-state index contributed by atoms with van der Waals surface area (Å²) in [5.41, 5.74) is 0.430. The number of hydrogen-bond donors (Lipinski definition) is 1. The van der Waals surface area contributed by atoms with Crippen molar-refractivity contribution >= 4 is 29.1 Å². The third-order valence-electron chi connectivity index (χ3n) is 4.26. The third kappa shape index (κ3) is 2.35. The van der Waals surface area contributed by atoms with E-state index in [1.165, 1.54) is 4.90 Å². The first-order chi connectivity index (χ1) is 9.99. The fraction of sp³-hybridized carbons (Fsp3) is 0.571. The zero-order chi connectivity index (χ0) is 15.1. The summed E-state index contributed by atoms with van der Waals surface area (Å²) in [6.45, 7) is 1.72. The molecule has 21 heavy (non-hydrogen) atoms. The molecular weight excluding hydrogens is 292 g/mol. The van der Waals surface area contributed by atoms with Gasteiger partial charge in [-0.3, -0.25) is 14.5 Å². The first kappa shape index (κ1) is 14.2. The molecule has 112 valence electrons. The average molecular weight is 308 g/mol. The average Bonchev–Trinajstić information content (AvgIpc) is 2.94. The van der Waals surface area contributed by atoms with Gasteiger partial charge in [-0.1, -0.05) is 12.8 Å². The van der Waals surface area contributed by atoms with Crippen LogP contribution in [0.2, 0.25) is 0 Å². The van der Waals surface area contributed by atoms with Gasteiger partial charge in [-0.25, -0.2) is 9.78 Å². The lowest BCUT2D eigenvalue weighted by atomic mass is 9.81. The summed E-state index contributed by atoms with van der Waals surface area (Å²) in [6.07, 6.45) is 3.55. The van der Waals surface area contributed by atoms with Crippen LogP contribution in [-0.2, 0) is 16.1 Å². The molecule has 2 unspecified atom stereocenters. The minimum absolute atomic E-state index is 0.101. The summed E-state index contributed by atoms with van der Waals surface area (Å²) in [5, 5.41) is 9.54. The number of likely N-dealkylation sites (tertiary alicyclic amines) is 1. The Morgan fingerprint density at radius 1 is 1.29 bits per heavy atom. The Hall–Kier alpha value is -1.76. The van der Waals surface area contributed by atoms with Crippen molar-refractivity contribution in [2.45, 2.75) is 39.2 Å². The number of aromatic nitrogens is 1. The van der Waals surface area contributed by atoms with Gasteiger partial charge in [-0.2, -0.15) is 0 Å². The fourth-order valence-electron chi connectivity index (χ4n) is 3.24. The van der Waals surface area contributed by atoms with Crippen molar-refractivity contribution < 1.29 is 19.5 Å². The number of carboxylic acids is 1. The standard InChI is InChI=1S/C14H16N2O4S/c1-7-11(14(19)20)21-10(15-7)6-16-12(17)8-4-2-3-5-9(8)13(16)18/h8-9H,2-6H2,1H3,(H,19,20). The molecule has 3 rings (SSSR count). The lowest BCUT2D eigenvalue weighted by molar-refractivity contribution is -0.140. The Bertz CT molecular complexity index is 600. The number of aryl methyl sites for hydroxylation is 1. The second kappa shape index (κ2) is 5.22. The van der Waals surface area contributed by atoms with Crippen molar-refractivity contribution in [2.24, 2.45) is 11.8 Å². The number of thiazole rings is 1. The van der Waals surface area contributed by atoms with Crippen LogP contribution in [-0.4, -0.2) is 32.8 Å². The number of amides is 2. The van der Waals surface area contributed by atoms with Gasteiger partial charge < -0.3 is 5.11 Å². The lowest BCUT2D eigenvalue weighted by Crippen LogP contribution is -2.30. The molecule has 1 aliphatic heterocycles. The third-order valence-corrected chi connectivity index (χ3v) is 5.39. The number of nitrogens with zero attached hydrogens (tertiary/aromatic N) is 2. The fourth-order valence-corrected chi connectivity index (χ4v) is 4.13. The van der Waals surface area contributed by atoms with Gasteiger partial charge in [0.2, 0.25) is 11.8 Å². The van der Waals surface area contributed by atoms with E-state index < -0.39 is 5.97 Å². The van der Waals surface area contributed by atoms with Gasteiger partial charge in [-0.05, 0) is 19.8 Å². The molecule has 7 heteroatoms. The van der Waals surface area contributed by atoms with Crippen molar-refractivity contribution in [3.8, 4) is 0 Å². The van der Waals surface area contributed by atoms with Gasteiger partial charge in [0, 0.05) is 0 Å². The van der Waals surface area contributed by atoms with Crippen LogP contribution in [0.4, 0.5) is 0 Å². The van der Waals surface area contributed by atoms with E-state index >= 15 is 0 Å². The molecule has 1 aromatic heterocycles. The van der Waals surface area contributed by atoms with Gasteiger partial charge in [-0.15, -0.1) is 11.3 Å². The molecule has 1 aromatic rings. The molecule has 0 spiro atoms. The quantitative estimate of drug-likeness (QED) is 0.861. The molecule has 2 heterocycles. The van der Waals surface area contributed by atoms with Crippen molar-refractivity contribution in [2.75, 3.05) is 0 Å². The number of imide groups is 1. The number of carboxylic acid groups (broad SMARTS) is 1. The van der Waals surface area contributed by atoms with Gasteiger partial charge in [0.15, 0.2) is 0 Å². The van der Waals surface area contributed by atoms with Gasteiger partial charge in [0.1, 0.15) is 9.88 Å². The monoisotopic (exact) mass is 308 g/mol. The number of carbonyl (C=O) groups excluding carboxylic acids is 2. The largest absolute Gasteiger partial charge is 0.477 e. The molecule has 2 fully saturated rings. The van der Waals surface area contributed by atoms with E-state index in [1.807, 2.05) is 0 Å². The highest BCUT2D eigenvalue weighted by Gasteiger charge is 2.48. The molecular formula is C14H16N2O4S. The van der Waals surface area contributed by atoms with Crippen LogP contribution in [0, 0.1) is 18.8 Å². The maximum absolute atomic E-state index is 12.3. The Labute approximate surface area is 125 Å². The first-order valence-corrected chi connectivity index (χ1v) is 7.85. The predicted octanol–water partition coefficient (Wildman–Crippen LogP) is 1.82. The topological polar surface area (TPSA) is 87.6 Å². The van der Waals surface area contributed by atoms with Gasteiger partial charge in [0.25, 0.3) is 0 Å². The lowest BCUT2D eigenvalue weighted by Gasteiger charge is -2.19. The summed E-state index contributed by atoms with van der Waals surface area (Å²) in [5.74, 6) is -1.61. The number of hydrogen-bond acceptors (Lipinski definition) is 5. The van der Waals surface area contributed by atoms with Crippen molar-refractivity contribution in [1.29, 1.82) is 0 Å². The van der Waals surface area contributed by atoms with Crippen molar-refractivity contribution in [3.05, 3.63) is 15.6 Å². The summed E-state index contributed by atoms with van der Waals surface area (Å²) < 4.78 is 0. The number of aromatic carboxylic acids is 1. The van der Waals surface area contributed by atoms with E-state index in [-0.39, 0.29) is 35.1 Å². The highest BCUT2D eigenvalue weighted by molar-refractivity contribution is 7.13. The van der Waals surface area contributed by atoms with E-state index in [0.717, 1.165) is 37.0 Å². The molecule has 0 bridgehead atoms. The zero-order valence-electron chi connectivity index (χ0n) is 11.7. The Balaban J connectivity index is 1.81. The highest BCUT2D eigenvalue weighted by atomic mass is 32.1. The molecule has 6 nitrogen and oxygen atoms in total. The Morgan fingerprint density at radius 3 is 2.33 bits per heavy atom. The second-order valence-electron chi connectivity index (χ2n) is 5.59. The van der Waals surface area contributed by atoms with Gasteiger partial charge >= 0.3 is 5.97 Å². The summed E-state index contributed by atoms with van der Waals surface area (Å²) in [7, 11) is 0. The normalized spacial score (nSPS) is 25.3. The Kier molecular flexibility index (Phi) is 3.52. The van der Waals surface area contributed by atoms with Crippen molar-refractivity contribution in [1.82, 2.24) is 9.88 Å². The molecule has 2 amide bonds. The van der Waals surface area contributed by atoms with Crippen LogP contribution < -0.4 is 0 Å². The molecule has 1 aliphatic carbocycles. The van der Waals surface area contributed by atoms with Crippen LogP contribution >= 0.6 is 11.3 Å². The molecule has 2 atom stereocenters. The molecule has 2 aliphatic rings. The Morgan fingerprint density at radius 2 is 1.86 bits per heavy atom. The van der Waals surface area contributed by atoms with Crippen molar-refractivity contribution in [3.63, 3.8) is 0 Å². The predicted molar refractivity (Wildman–Crippen MR) is 74.8 cm³/mol. The second-order valence-corrected chi connectivity index (χ2v) is 6.67. The molecule has 1 N–H and O–H groups in total. The van der Waals surface area contributed by atoms with Crippen LogP contribution in [0.25, 0.3) is 0 Å². The van der Waals surface area contributed by atoms with E-state index in [0.29, 0.717) is 10.7 Å². The van der Waals surface area contributed by atoms with Crippen LogP contribution in [0.15, 0.2) is 0 Å². The van der Waals surface area contributed by atoms with Gasteiger partial charge in [0.05, 0.1) is 24.1 Å². The first-order valence-electron chi connectivity index (χ1n) is 7.04. The summed E-state index contributed by atoms with van der Waals surface area (Å²) >= 11 is 1.04. The number of rotatable bonds is 3. The summed E-state index contributed by atoms with van der Waals surface area (Å²) in [4.78, 5) is 41.3. The van der Waals surface area contributed by atoms with E-state index in [9.17, 15) is 14.4 Å². The number of carbonyl (C=O) groups is 3. The SMILES string of the molecule is Cc1nc(CN2C(=O)C3CCCCC3C2=O)sc1C(=O)O. The van der Waals surface area contributed by atoms with Crippen LogP contribution in [0.3, 0.4) is 0 Å². The van der Waals surface area contributed by atoms with E-state index in [4.69, 9.17) is 5.11 Å². The van der Waals surface area contributed by atoms with Crippen LogP contribution in [0.5, 0.6) is 0 Å². The molecule has 1 saturated heterocycles. The molecule has 0 aromatic carbocycles. The minimum Gasteiger partial charge on any atom is -0.477 e. The molecule has 0 radical (unpaired) electrons. The highest BCUT2D eigenvalue weighted by Crippen LogP contribution is 2.38. The summed E-state index contributed by atoms with van der Waals surface area (Å²) in [6, 6.07) is 0. The van der Waals surface area contributed by atoms with E-state index in [2.05, 4.69) is 4.98 Å². The maximum atomic E-state index is 12.3. The molecule has 1 saturated carbocycles. The number of fused-ring (bicyclic) bond motifs is 1. The zero-order valence-corrected chi connectivity index (χ0v) is 12.5. The van der Waals surface area contributed by atoms with Crippen LogP contribution in [0.1, 0.15) is 46.1 Å².